The van der Waals surface area contributed by atoms with Crippen molar-refractivity contribution < 1.29 is 9.18 Å². The van der Waals surface area contributed by atoms with Crippen LogP contribution in [-0.4, -0.2) is 5.91 Å². The maximum absolute atomic E-state index is 13.5. The molecule has 0 saturated heterocycles. The van der Waals surface area contributed by atoms with Crippen molar-refractivity contribution in [1.82, 2.24) is 0 Å². The third-order valence-corrected chi connectivity index (χ3v) is 4.51. The Balaban J connectivity index is 1.88. The molecule has 0 unspecified atom stereocenters. The van der Waals surface area contributed by atoms with Gasteiger partial charge in [0.2, 0.25) is 0 Å². The van der Waals surface area contributed by atoms with E-state index < -0.39 is 11.7 Å². The first-order valence-corrected chi connectivity index (χ1v) is 8.00. The number of nitrogen functional groups attached to an aromatic ring is 1. The summed E-state index contributed by atoms with van der Waals surface area (Å²) in [7, 11) is 0. The SMILES string of the molecule is Nc1ccc(-c2cccs2)cc1NC(=O)c1ccc(Cl)c(F)c1. The van der Waals surface area contributed by atoms with E-state index in [2.05, 4.69) is 5.32 Å². The molecule has 0 aliphatic rings. The third kappa shape index (κ3) is 3.36. The van der Waals surface area contributed by atoms with Gasteiger partial charge in [0.25, 0.3) is 5.91 Å². The van der Waals surface area contributed by atoms with Crippen molar-refractivity contribution in [1.29, 1.82) is 0 Å². The second-order valence-electron chi connectivity index (χ2n) is 4.86. The number of nitrogens with two attached hydrogens (primary N) is 1. The molecule has 6 heteroatoms. The normalized spacial score (nSPS) is 10.5. The summed E-state index contributed by atoms with van der Waals surface area (Å²) in [5.41, 5.74) is 7.96. The zero-order chi connectivity index (χ0) is 16.4. The van der Waals surface area contributed by atoms with Crippen molar-refractivity contribution in [3.8, 4) is 10.4 Å². The summed E-state index contributed by atoms with van der Waals surface area (Å²) < 4.78 is 13.5. The highest BCUT2D eigenvalue weighted by Gasteiger charge is 2.12. The first-order valence-electron chi connectivity index (χ1n) is 6.74. The Morgan fingerprint density at radius 2 is 2.00 bits per heavy atom. The molecule has 0 aliphatic carbocycles. The predicted molar refractivity (Wildman–Crippen MR) is 93.5 cm³/mol. The molecule has 0 bridgehead atoms. The van der Waals surface area contributed by atoms with Crippen molar-refractivity contribution >= 4 is 40.2 Å². The van der Waals surface area contributed by atoms with Gasteiger partial charge in [-0.05, 0) is 47.3 Å². The molecule has 3 nitrogen and oxygen atoms in total. The molecule has 1 aromatic heterocycles. The van der Waals surface area contributed by atoms with Gasteiger partial charge in [0.1, 0.15) is 5.82 Å². The molecule has 0 radical (unpaired) electrons. The van der Waals surface area contributed by atoms with Gasteiger partial charge in [-0.15, -0.1) is 11.3 Å². The summed E-state index contributed by atoms with van der Waals surface area (Å²) >= 11 is 7.21. The van der Waals surface area contributed by atoms with Crippen molar-refractivity contribution in [2.24, 2.45) is 0 Å². The van der Waals surface area contributed by atoms with E-state index in [0.29, 0.717) is 11.4 Å². The fourth-order valence-electron chi connectivity index (χ4n) is 2.09. The number of benzene rings is 2. The summed E-state index contributed by atoms with van der Waals surface area (Å²) in [5, 5.41) is 4.65. The molecule has 0 atom stereocenters. The Hall–Kier alpha value is -2.37. The highest BCUT2D eigenvalue weighted by Crippen LogP contribution is 2.30. The second kappa shape index (κ2) is 6.40. The molecule has 3 aromatic rings. The van der Waals surface area contributed by atoms with Crippen LogP contribution in [0, 0.1) is 5.82 Å². The van der Waals surface area contributed by atoms with Crippen molar-refractivity contribution in [3.63, 3.8) is 0 Å². The van der Waals surface area contributed by atoms with Crippen LogP contribution in [0.5, 0.6) is 0 Å². The molecular formula is C17H12ClFN2OS. The van der Waals surface area contributed by atoms with Gasteiger partial charge >= 0.3 is 0 Å². The van der Waals surface area contributed by atoms with Gasteiger partial charge in [0.05, 0.1) is 16.4 Å². The average molecular weight is 347 g/mol. The summed E-state index contributed by atoms with van der Waals surface area (Å²) in [6, 6.07) is 13.2. The summed E-state index contributed by atoms with van der Waals surface area (Å²) in [5.74, 6) is -1.09. The molecule has 2 aromatic carbocycles. The van der Waals surface area contributed by atoms with Gasteiger partial charge in [-0.2, -0.15) is 0 Å². The van der Waals surface area contributed by atoms with Crippen LogP contribution in [0.1, 0.15) is 10.4 Å². The number of rotatable bonds is 3. The van der Waals surface area contributed by atoms with E-state index in [0.717, 1.165) is 16.5 Å². The summed E-state index contributed by atoms with van der Waals surface area (Å²) in [6.45, 7) is 0. The fourth-order valence-corrected chi connectivity index (χ4v) is 2.93. The van der Waals surface area contributed by atoms with Crippen molar-refractivity contribution in [2.45, 2.75) is 0 Å². The monoisotopic (exact) mass is 346 g/mol. The zero-order valence-corrected chi connectivity index (χ0v) is 13.4. The smallest absolute Gasteiger partial charge is 0.255 e. The Bertz CT molecular complexity index is 865. The topological polar surface area (TPSA) is 55.1 Å². The number of hydrogen-bond donors (Lipinski definition) is 2. The van der Waals surface area contributed by atoms with Gasteiger partial charge in [-0.25, -0.2) is 4.39 Å². The molecule has 0 fully saturated rings. The lowest BCUT2D eigenvalue weighted by Crippen LogP contribution is -2.13. The van der Waals surface area contributed by atoms with Crippen molar-refractivity contribution in [2.75, 3.05) is 11.1 Å². The Morgan fingerprint density at radius 3 is 2.70 bits per heavy atom. The molecule has 1 heterocycles. The zero-order valence-electron chi connectivity index (χ0n) is 11.8. The van der Waals surface area contributed by atoms with Crippen LogP contribution in [0.15, 0.2) is 53.9 Å². The molecule has 0 aliphatic heterocycles. The minimum Gasteiger partial charge on any atom is -0.397 e. The van der Waals surface area contributed by atoms with E-state index in [1.54, 1.807) is 23.5 Å². The molecule has 23 heavy (non-hydrogen) atoms. The molecule has 3 rings (SSSR count). The molecular weight excluding hydrogens is 335 g/mol. The maximum Gasteiger partial charge on any atom is 0.255 e. The van der Waals surface area contributed by atoms with Crippen LogP contribution in [0.3, 0.4) is 0 Å². The van der Waals surface area contributed by atoms with Gasteiger partial charge in [0, 0.05) is 10.4 Å². The number of nitrogens with one attached hydrogen (secondary N) is 1. The lowest BCUT2D eigenvalue weighted by molar-refractivity contribution is 0.102. The van der Waals surface area contributed by atoms with Gasteiger partial charge in [-0.3, -0.25) is 4.79 Å². The fraction of sp³-hybridized carbons (Fsp3) is 0. The Labute approximate surface area is 141 Å². The van der Waals surface area contributed by atoms with Gasteiger partial charge in [-0.1, -0.05) is 23.7 Å². The van der Waals surface area contributed by atoms with E-state index in [9.17, 15) is 9.18 Å². The minimum atomic E-state index is -0.639. The predicted octanol–water partition coefficient (Wildman–Crippen LogP) is 5.04. The molecule has 3 N–H and O–H groups in total. The van der Waals surface area contributed by atoms with E-state index in [1.807, 2.05) is 23.6 Å². The number of amides is 1. The number of anilines is 2. The van der Waals surface area contributed by atoms with E-state index in [4.69, 9.17) is 17.3 Å². The van der Waals surface area contributed by atoms with E-state index in [1.165, 1.54) is 12.1 Å². The molecule has 0 spiro atoms. The van der Waals surface area contributed by atoms with Crippen LogP contribution < -0.4 is 11.1 Å². The van der Waals surface area contributed by atoms with Crippen LogP contribution in [0.2, 0.25) is 5.02 Å². The minimum absolute atomic E-state index is 0.0271. The number of hydrogen-bond acceptors (Lipinski definition) is 3. The standard InChI is InChI=1S/C17H12ClFN2OS/c18-12-5-3-11(8-13(12)19)17(22)21-15-9-10(4-6-14(15)20)16-2-1-7-23-16/h1-9H,20H2,(H,21,22). The largest absolute Gasteiger partial charge is 0.397 e. The van der Waals surface area contributed by atoms with Crippen molar-refractivity contribution in [3.05, 3.63) is 70.3 Å². The van der Waals surface area contributed by atoms with Crippen LogP contribution >= 0.6 is 22.9 Å². The van der Waals surface area contributed by atoms with E-state index >= 15 is 0 Å². The lowest BCUT2D eigenvalue weighted by Gasteiger charge is -2.10. The highest BCUT2D eigenvalue weighted by atomic mass is 35.5. The second-order valence-corrected chi connectivity index (χ2v) is 6.22. The van der Waals surface area contributed by atoms with Gasteiger partial charge < -0.3 is 11.1 Å². The number of carbonyl (C=O) groups is 1. The number of thiophene rings is 1. The van der Waals surface area contributed by atoms with Gasteiger partial charge in [0.15, 0.2) is 0 Å². The number of carbonyl (C=O) groups excluding carboxylic acids is 1. The summed E-state index contributed by atoms with van der Waals surface area (Å²) in [6.07, 6.45) is 0. The van der Waals surface area contributed by atoms with Crippen LogP contribution in [0.4, 0.5) is 15.8 Å². The average Bonchev–Trinajstić information content (AvgIpc) is 3.06. The third-order valence-electron chi connectivity index (χ3n) is 3.29. The van der Waals surface area contributed by atoms with Crippen LogP contribution in [-0.2, 0) is 0 Å². The Kier molecular flexibility index (Phi) is 4.32. The van der Waals surface area contributed by atoms with E-state index in [-0.39, 0.29) is 10.6 Å². The lowest BCUT2D eigenvalue weighted by atomic mass is 10.1. The molecule has 0 saturated carbocycles. The maximum atomic E-state index is 13.5. The Morgan fingerprint density at radius 1 is 1.17 bits per heavy atom. The first-order chi connectivity index (χ1) is 11.0. The molecule has 116 valence electrons. The summed E-state index contributed by atoms with van der Waals surface area (Å²) in [4.78, 5) is 13.3. The first kappa shape index (κ1) is 15.5. The van der Waals surface area contributed by atoms with Crippen LogP contribution in [0.25, 0.3) is 10.4 Å². The number of halogens is 2. The quantitative estimate of drug-likeness (QED) is 0.652. The molecule has 1 amide bonds. The highest BCUT2D eigenvalue weighted by molar-refractivity contribution is 7.13.